The minimum atomic E-state index is 0.511. The summed E-state index contributed by atoms with van der Waals surface area (Å²) in [6.07, 6.45) is 0.914. The number of hydrogen-bond donors (Lipinski definition) is 1. The van der Waals surface area contributed by atoms with Crippen molar-refractivity contribution < 1.29 is 0 Å². The molecule has 106 valence electrons. The van der Waals surface area contributed by atoms with Crippen LogP contribution in [-0.2, 0) is 6.42 Å². The first-order valence-corrected chi connectivity index (χ1v) is 7.62. The molecule has 0 aromatic heterocycles. The van der Waals surface area contributed by atoms with Crippen LogP contribution in [0.25, 0.3) is 0 Å². The third-order valence-corrected chi connectivity index (χ3v) is 3.99. The van der Waals surface area contributed by atoms with Crippen molar-refractivity contribution in [3.8, 4) is 0 Å². The predicted molar refractivity (Wildman–Crippen MR) is 87.9 cm³/mol. The minimum Gasteiger partial charge on any atom is -0.316 e. The van der Waals surface area contributed by atoms with E-state index in [1.807, 2.05) is 18.2 Å². The van der Waals surface area contributed by atoms with Crippen LogP contribution in [0.15, 0.2) is 48.5 Å². The van der Waals surface area contributed by atoms with Crippen molar-refractivity contribution in [2.45, 2.75) is 19.3 Å². The molecule has 0 bridgehead atoms. The molecule has 1 nitrogen and oxygen atoms in total. The summed E-state index contributed by atoms with van der Waals surface area (Å²) in [7, 11) is 0. The van der Waals surface area contributed by atoms with Crippen molar-refractivity contribution in [3.63, 3.8) is 0 Å². The van der Waals surface area contributed by atoms with Crippen LogP contribution in [0, 0.1) is 0 Å². The van der Waals surface area contributed by atoms with Gasteiger partial charge in [0, 0.05) is 16.6 Å². The van der Waals surface area contributed by atoms with Crippen molar-refractivity contribution in [3.05, 3.63) is 69.7 Å². The first-order valence-electron chi connectivity index (χ1n) is 6.86. The third kappa shape index (κ3) is 4.52. The molecule has 0 aliphatic carbocycles. The molecule has 2 rings (SSSR count). The van der Waals surface area contributed by atoms with Crippen molar-refractivity contribution >= 4 is 23.2 Å². The highest BCUT2D eigenvalue weighted by Gasteiger charge is 2.05. The zero-order chi connectivity index (χ0) is 14.4. The molecule has 0 saturated heterocycles. The van der Waals surface area contributed by atoms with E-state index in [4.69, 9.17) is 23.2 Å². The highest BCUT2D eigenvalue weighted by Crippen LogP contribution is 2.21. The maximum absolute atomic E-state index is 6.15. The molecule has 2 aromatic rings. The van der Waals surface area contributed by atoms with Gasteiger partial charge in [0.05, 0.1) is 0 Å². The molecule has 0 aliphatic rings. The summed E-state index contributed by atoms with van der Waals surface area (Å²) in [6, 6.07) is 16.2. The average molecular weight is 308 g/mol. The van der Waals surface area contributed by atoms with E-state index in [0.717, 1.165) is 30.1 Å². The van der Waals surface area contributed by atoms with Gasteiger partial charge >= 0.3 is 0 Å². The van der Waals surface area contributed by atoms with Gasteiger partial charge in [0.2, 0.25) is 0 Å². The highest BCUT2D eigenvalue weighted by atomic mass is 35.5. The smallest absolute Gasteiger partial charge is 0.0453 e. The van der Waals surface area contributed by atoms with Gasteiger partial charge in [-0.15, -0.1) is 0 Å². The van der Waals surface area contributed by atoms with Gasteiger partial charge in [-0.2, -0.15) is 0 Å². The molecule has 0 radical (unpaired) electrons. The van der Waals surface area contributed by atoms with E-state index in [1.54, 1.807) is 6.07 Å². The SMILES string of the molecule is C[C@@H](CNCCc1ccc(Cl)cc1Cl)c1ccccc1. The lowest BCUT2D eigenvalue weighted by Gasteiger charge is -2.13. The van der Waals surface area contributed by atoms with Gasteiger partial charge in [-0.1, -0.05) is 66.5 Å². The molecule has 20 heavy (non-hydrogen) atoms. The second kappa shape index (κ2) is 7.68. The van der Waals surface area contributed by atoms with Crippen LogP contribution >= 0.6 is 23.2 Å². The van der Waals surface area contributed by atoms with Crippen LogP contribution in [0.2, 0.25) is 10.0 Å². The average Bonchev–Trinajstić information content (AvgIpc) is 2.46. The summed E-state index contributed by atoms with van der Waals surface area (Å²) in [6.45, 7) is 4.12. The maximum Gasteiger partial charge on any atom is 0.0453 e. The lowest BCUT2D eigenvalue weighted by atomic mass is 10.0. The van der Waals surface area contributed by atoms with Gasteiger partial charge in [-0.05, 0) is 42.1 Å². The van der Waals surface area contributed by atoms with Gasteiger partial charge < -0.3 is 5.32 Å². The van der Waals surface area contributed by atoms with Gasteiger partial charge in [0.15, 0.2) is 0 Å². The molecule has 0 aliphatic heterocycles. The summed E-state index contributed by atoms with van der Waals surface area (Å²) in [5, 5.41) is 4.91. The van der Waals surface area contributed by atoms with Crippen molar-refractivity contribution in [1.82, 2.24) is 5.32 Å². The normalized spacial score (nSPS) is 12.3. The third-order valence-electron chi connectivity index (χ3n) is 3.41. The first kappa shape index (κ1) is 15.4. The van der Waals surface area contributed by atoms with E-state index >= 15 is 0 Å². The molecule has 1 N–H and O–H groups in total. The largest absolute Gasteiger partial charge is 0.316 e. The lowest BCUT2D eigenvalue weighted by molar-refractivity contribution is 0.615. The fourth-order valence-electron chi connectivity index (χ4n) is 2.17. The van der Waals surface area contributed by atoms with Crippen LogP contribution in [0.1, 0.15) is 24.0 Å². The molecule has 1 atom stereocenters. The minimum absolute atomic E-state index is 0.511. The zero-order valence-corrected chi connectivity index (χ0v) is 13.1. The van der Waals surface area contributed by atoms with Gasteiger partial charge in [-0.3, -0.25) is 0 Å². The van der Waals surface area contributed by atoms with Gasteiger partial charge in [0.25, 0.3) is 0 Å². The Hall–Kier alpha value is -1.02. The Morgan fingerprint density at radius 2 is 1.80 bits per heavy atom. The Balaban J connectivity index is 1.76. The zero-order valence-electron chi connectivity index (χ0n) is 11.6. The van der Waals surface area contributed by atoms with Crippen LogP contribution in [0.3, 0.4) is 0 Å². The molecule has 0 amide bonds. The Kier molecular flexibility index (Phi) is 5.90. The van der Waals surface area contributed by atoms with Gasteiger partial charge in [0.1, 0.15) is 0 Å². The lowest BCUT2D eigenvalue weighted by Crippen LogP contribution is -2.22. The quantitative estimate of drug-likeness (QED) is 0.746. The Labute approximate surface area is 130 Å². The molecule has 0 unspecified atom stereocenters. The topological polar surface area (TPSA) is 12.0 Å². The molecular weight excluding hydrogens is 289 g/mol. The van der Waals surface area contributed by atoms with E-state index in [-0.39, 0.29) is 0 Å². The molecule has 0 heterocycles. The van der Waals surface area contributed by atoms with E-state index < -0.39 is 0 Å². The number of benzene rings is 2. The second-order valence-corrected chi connectivity index (χ2v) is 5.85. The van der Waals surface area contributed by atoms with Crippen molar-refractivity contribution in [2.24, 2.45) is 0 Å². The van der Waals surface area contributed by atoms with E-state index in [9.17, 15) is 0 Å². The van der Waals surface area contributed by atoms with Crippen LogP contribution in [0.4, 0.5) is 0 Å². The summed E-state index contributed by atoms with van der Waals surface area (Å²) in [5.41, 5.74) is 2.50. The fraction of sp³-hybridized carbons (Fsp3) is 0.294. The molecule has 3 heteroatoms. The van der Waals surface area contributed by atoms with Crippen LogP contribution in [-0.4, -0.2) is 13.1 Å². The first-order chi connectivity index (χ1) is 9.66. The highest BCUT2D eigenvalue weighted by molar-refractivity contribution is 6.35. The predicted octanol–water partition coefficient (Wildman–Crippen LogP) is 4.93. The van der Waals surface area contributed by atoms with E-state index in [0.29, 0.717) is 10.9 Å². The fourth-order valence-corrected chi connectivity index (χ4v) is 2.67. The monoisotopic (exact) mass is 307 g/mol. The molecule has 0 saturated carbocycles. The Morgan fingerprint density at radius 3 is 2.50 bits per heavy atom. The van der Waals surface area contributed by atoms with E-state index in [2.05, 4.69) is 36.5 Å². The number of nitrogens with one attached hydrogen (secondary N) is 1. The maximum atomic E-state index is 6.15. The summed E-state index contributed by atoms with van der Waals surface area (Å²) < 4.78 is 0. The second-order valence-electron chi connectivity index (χ2n) is 5.00. The van der Waals surface area contributed by atoms with E-state index in [1.165, 1.54) is 5.56 Å². The summed E-state index contributed by atoms with van der Waals surface area (Å²) >= 11 is 12.0. The standard InChI is InChI=1S/C17H19Cl2N/c1-13(14-5-3-2-4-6-14)12-20-10-9-15-7-8-16(18)11-17(15)19/h2-8,11,13,20H,9-10,12H2,1H3/t13-/m0/s1. The van der Waals surface area contributed by atoms with Crippen LogP contribution < -0.4 is 5.32 Å². The Morgan fingerprint density at radius 1 is 1.05 bits per heavy atom. The van der Waals surface area contributed by atoms with Crippen molar-refractivity contribution in [2.75, 3.05) is 13.1 Å². The molecule has 2 aromatic carbocycles. The Bertz CT molecular complexity index is 540. The number of hydrogen-bond acceptors (Lipinski definition) is 1. The molecular formula is C17H19Cl2N. The molecule has 0 fully saturated rings. The summed E-state index contributed by atoms with van der Waals surface area (Å²) in [5.74, 6) is 0.511. The molecule has 0 spiro atoms. The van der Waals surface area contributed by atoms with Crippen LogP contribution in [0.5, 0.6) is 0 Å². The number of halogens is 2. The summed E-state index contributed by atoms with van der Waals surface area (Å²) in [4.78, 5) is 0. The van der Waals surface area contributed by atoms with Crippen molar-refractivity contribution in [1.29, 1.82) is 0 Å². The number of rotatable bonds is 6. The van der Waals surface area contributed by atoms with Gasteiger partial charge in [-0.25, -0.2) is 0 Å².